The zero-order valence-corrected chi connectivity index (χ0v) is 25.5. The maximum Gasteiger partial charge on any atom is 0.341 e. The number of hydrogen-bond donors (Lipinski definition) is 1. The molecule has 0 amide bonds. The third kappa shape index (κ3) is 7.99. The summed E-state index contributed by atoms with van der Waals surface area (Å²) in [5, 5.41) is 8.92. The van der Waals surface area contributed by atoms with E-state index in [0.29, 0.717) is 57.3 Å². The van der Waals surface area contributed by atoms with Crippen LogP contribution >= 0.6 is 0 Å². The van der Waals surface area contributed by atoms with E-state index in [-0.39, 0.29) is 17.7 Å². The molecule has 0 unspecified atom stereocenters. The molecule has 5 aromatic rings. The predicted octanol–water partition coefficient (Wildman–Crippen LogP) is 9.22. The van der Waals surface area contributed by atoms with Gasteiger partial charge in [-0.05, 0) is 84.1 Å². The fourth-order valence-corrected chi connectivity index (χ4v) is 5.09. The summed E-state index contributed by atoms with van der Waals surface area (Å²) >= 11 is 0. The monoisotopic (exact) mass is 642 g/mol. The Morgan fingerprint density at radius 3 is 1.64 bits per heavy atom. The van der Waals surface area contributed by atoms with E-state index in [4.69, 9.17) is 19.3 Å². The highest BCUT2D eigenvalue weighted by Gasteiger charge is 2.17. The van der Waals surface area contributed by atoms with Gasteiger partial charge in [-0.25, -0.2) is 22.4 Å². The van der Waals surface area contributed by atoms with Gasteiger partial charge in [0.15, 0.2) is 6.61 Å². The molecule has 0 heterocycles. The van der Waals surface area contributed by atoms with Crippen LogP contribution in [0, 0.1) is 30.2 Å². The molecule has 1 N–H and O–H groups in total. The molecule has 0 atom stereocenters. The lowest BCUT2D eigenvalue weighted by Crippen LogP contribution is -2.11. The number of aliphatic carboxylic acids is 1. The zero-order chi connectivity index (χ0) is 33.5. The van der Waals surface area contributed by atoms with Crippen LogP contribution in [0.15, 0.2) is 109 Å². The molecule has 0 spiro atoms. The van der Waals surface area contributed by atoms with Gasteiger partial charge in [-0.1, -0.05) is 48.5 Å². The summed E-state index contributed by atoms with van der Waals surface area (Å²) in [4.78, 5) is 10.9. The van der Waals surface area contributed by atoms with Gasteiger partial charge in [-0.3, -0.25) is 0 Å². The van der Waals surface area contributed by atoms with Gasteiger partial charge in [0.2, 0.25) is 0 Å². The summed E-state index contributed by atoms with van der Waals surface area (Å²) in [6.07, 6.45) is 0. The minimum absolute atomic E-state index is 0.000622. The van der Waals surface area contributed by atoms with Crippen molar-refractivity contribution in [2.45, 2.75) is 13.8 Å². The molecule has 0 aliphatic rings. The predicted molar refractivity (Wildman–Crippen MR) is 171 cm³/mol. The first-order chi connectivity index (χ1) is 22.6. The summed E-state index contributed by atoms with van der Waals surface area (Å²) in [6, 6.07) is 25.9. The largest absolute Gasteiger partial charge is 0.494 e. The van der Waals surface area contributed by atoms with Crippen LogP contribution in [-0.2, 0) is 9.53 Å². The quantitative estimate of drug-likeness (QED) is 0.109. The smallest absolute Gasteiger partial charge is 0.341 e. The first kappa shape index (κ1) is 32.8. The number of benzene rings is 5. The number of hydrogen-bond acceptors (Lipinski definition) is 4. The van der Waals surface area contributed by atoms with Gasteiger partial charge in [0.1, 0.15) is 47.1 Å². The van der Waals surface area contributed by atoms with Crippen molar-refractivity contribution in [3.05, 3.63) is 149 Å². The van der Waals surface area contributed by atoms with E-state index in [1.807, 2.05) is 6.92 Å². The molecule has 240 valence electrons. The third-order valence-corrected chi connectivity index (χ3v) is 7.30. The number of carboxylic acid groups (broad SMARTS) is 1. The summed E-state index contributed by atoms with van der Waals surface area (Å²) in [5.74, 6) is -2.42. The molecule has 0 bridgehead atoms. The van der Waals surface area contributed by atoms with Crippen molar-refractivity contribution in [1.82, 2.24) is 0 Å². The van der Waals surface area contributed by atoms with Crippen molar-refractivity contribution in [3.63, 3.8) is 0 Å². The Balaban J connectivity index is 1.53. The van der Waals surface area contributed by atoms with Crippen molar-refractivity contribution in [3.8, 4) is 33.8 Å². The van der Waals surface area contributed by atoms with Crippen LogP contribution in [0.4, 0.5) is 17.6 Å². The Hall–Kier alpha value is -5.57. The van der Waals surface area contributed by atoms with E-state index in [1.54, 1.807) is 73.7 Å². The Kier molecular flexibility index (Phi) is 10.3. The van der Waals surface area contributed by atoms with Crippen LogP contribution in [0.3, 0.4) is 0 Å². The fourth-order valence-electron chi connectivity index (χ4n) is 5.09. The van der Waals surface area contributed by atoms with Gasteiger partial charge in [0.05, 0.1) is 6.61 Å². The minimum Gasteiger partial charge on any atom is -0.494 e. The average molecular weight is 643 g/mol. The standard InChI is InChI=1S/C38H30F4O5/c1-3-45-36(21-46-30-14-17-35(23(2)18-30)47-22-37(43)44)38(26-8-4-24(5-9-26)31-15-12-28(39)19-33(31)41)27-10-6-25(7-11-27)32-16-13-29(40)20-34(32)42/h4-20H,3,21-22H2,1-2H3,(H,43,44). The van der Waals surface area contributed by atoms with Crippen LogP contribution in [0.5, 0.6) is 11.5 Å². The molecule has 5 aromatic carbocycles. The molecule has 47 heavy (non-hydrogen) atoms. The van der Waals surface area contributed by atoms with Crippen molar-refractivity contribution in [1.29, 1.82) is 0 Å². The molecule has 9 heteroatoms. The zero-order valence-electron chi connectivity index (χ0n) is 25.5. The molecule has 0 aliphatic heterocycles. The number of rotatable bonds is 12. The number of carboxylic acids is 1. The Morgan fingerprint density at radius 2 is 1.19 bits per heavy atom. The van der Waals surface area contributed by atoms with E-state index in [0.717, 1.165) is 12.1 Å². The molecular formula is C38H30F4O5. The molecule has 5 nitrogen and oxygen atoms in total. The van der Waals surface area contributed by atoms with Crippen LogP contribution in [0.25, 0.3) is 27.8 Å². The van der Waals surface area contributed by atoms with Crippen LogP contribution in [0.1, 0.15) is 23.6 Å². The van der Waals surface area contributed by atoms with Gasteiger partial charge in [-0.15, -0.1) is 0 Å². The number of ether oxygens (including phenoxy) is 3. The van der Waals surface area contributed by atoms with E-state index >= 15 is 0 Å². The lowest BCUT2D eigenvalue weighted by Gasteiger charge is -2.19. The second-order valence-corrected chi connectivity index (χ2v) is 10.5. The maximum absolute atomic E-state index is 14.5. The fraction of sp³-hybridized carbons (Fsp3) is 0.132. The average Bonchev–Trinajstić information content (AvgIpc) is 3.04. The lowest BCUT2D eigenvalue weighted by atomic mass is 9.93. The maximum atomic E-state index is 14.5. The van der Waals surface area contributed by atoms with Crippen LogP contribution < -0.4 is 9.47 Å². The van der Waals surface area contributed by atoms with Crippen LogP contribution in [0.2, 0.25) is 0 Å². The van der Waals surface area contributed by atoms with E-state index < -0.39 is 35.8 Å². The summed E-state index contributed by atoms with van der Waals surface area (Å²) in [5.41, 5.74) is 4.32. The van der Waals surface area contributed by atoms with Gasteiger partial charge in [0, 0.05) is 28.8 Å². The molecule has 0 saturated carbocycles. The molecule has 0 aromatic heterocycles. The minimum atomic E-state index is -1.09. The summed E-state index contributed by atoms with van der Waals surface area (Å²) < 4.78 is 73.7. The SMILES string of the molecule is CCOC(COc1ccc(OCC(=O)O)c(C)c1)=C(c1ccc(-c2ccc(F)cc2F)cc1)c1ccc(-c2ccc(F)cc2F)cc1. The second kappa shape index (κ2) is 14.7. The van der Waals surface area contributed by atoms with Crippen molar-refractivity contribution in [2.24, 2.45) is 0 Å². The molecular weight excluding hydrogens is 612 g/mol. The number of carbonyl (C=O) groups is 1. The molecule has 0 saturated heterocycles. The topological polar surface area (TPSA) is 65.0 Å². The highest BCUT2D eigenvalue weighted by atomic mass is 19.1. The van der Waals surface area contributed by atoms with Gasteiger partial charge in [0.25, 0.3) is 0 Å². The molecule has 5 rings (SSSR count). The Labute approximate surface area is 269 Å². The van der Waals surface area contributed by atoms with Gasteiger partial charge >= 0.3 is 5.97 Å². The highest BCUT2D eigenvalue weighted by Crippen LogP contribution is 2.34. The van der Waals surface area contributed by atoms with Gasteiger partial charge in [-0.2, -0.15) is 0 Å². The Bertz CT molecular complexity index is 1820. The molecule has 0 fully saturated rings. The van der Waals surface area contributed by atoms with Crippen LogP contribution in [-0.4, -0.2) is 30.9 Å². The van der Waals surface area contributed by atoms with Crippen molar-refractivity contribution in [2.75, 3.05) is 19.8 Å². The van der Waals surface area contributed by atoms with E-state index in [9.17, 15) is 22.4 Å². The van der Waals surface area contributed by atoms with Crippen molar-refractivity contribution >= 4 is 11.5 Å². The summed E-state index contributed by atoms with van der Waals surface area (Å²) in [7, 11) is 0. The Morgan fingerprint density at radius 1 is 0.660 bits per heavy atom. The second-order valence-electron chi connectivity index (χ2n) is 10.5. The van der Waals surface area contributed by atoms with E-state index in [1.165, 1.54) is 24.3 Å². The van der Waals surface area contributed by atoms with Crippen molar-refractivity contribution < 1.29 is 41.7 Å². The lowest BCUT2D eigenvalue weighted by molar-refractivity contribution is -0.139. The molecule has 0 radical (unpaired) electrons. The molecule has 0 aliphatic carbocycles. The van der Waals surface area contributed by atoms with E-state index in [2.05, 4.69) is 0 Å². The first-order valence-corrected chi connectivity index (χ1v) is 14.7. The third-order valence-electron chi connectivity index (χ3n) is 7.30. The normalized spacial score (nSPS) is 10.8. The first-order valence-electron chi connectivity index (χ1n) is 14.7. The number of halogens is 4. The highest BCUT2D eigenvalue weighted by molar-refractivity contribution is 5.83. The number of aryl methyl sites for hydroxylation is 1. The van der Waals surface area contributed by atoms with Gasteiger partial charge < -0.3 is 19.3 Å². The summed E-state index contributed by atoms with van der Waals surface area (Å²) in [6.45, 7) is 3.44.